The van der Waals surface area contributed by atoms with Gasteiger partial charge < -0.3 is 20.4 Å². The number of carboxylic acid groups (broad SMARTS) is 1. The lowest BCUT2D eigenvalue weighted by atomic mass is 9.85. The molecule has 0 aromatic rings. The predicted octanol–water partition coefficient (Wildman–Crippen LogP) is 3.68. The van der Waals surface area contributed by atoms with Crippen molar-refractivity contribution in [1.29, 1.82) is 0 Å². The summed E-state index contributed by atoms with van der Waals surface area (Å²) in [7, 11) is 0. The molecule has 1 rings (SSSR count). The fourth-order valence-corrected chi connectivity index (χ4v) is 3.94. The zero-order valence-corrected chi connectivity index (χ0v) is 16.9. The van der Waals surface area contributed by atoms with Gasteiger partial charge in [0.1, 0.15) is 0 Å². The summed E-state index contributed by atoms with van der Waals surface area (Å²) in [5.41, 5.74) is -0.861. The third-order valence-electron chi connectivity index (χ3n) is 5.61. The van der Waals surface area contributed by atoms with E-state index in [2.05, 4.69) is 6.92 Å². The highest BCUT2D eigenvalue weighted by atomic mass is 16.4. The predicted molar refractivity (Wildman–Crippen MR) is 107 cm³/mol. The molecule has 27 heavy (non-hydrogen) atoms. The molecule has 0 amide bonds. The van der Waals surface area contributed by atoms with Crippen molar-refractivity contribution < 1.29 is 25.2 Å². The molecule has 0 saturated heterocycles. The Morgan fingerprint density at radius 2 is 1.96 bits per heavy atom. The molecule has 0 aromatic heterocycles. The highest BCUT2D eigenvalue weighted by molar-refractivity contribution is 5.66. The largest absolute Gasteiger partial charge is 0.481 e. The Morgan fingerprint density at radius 1 is 1.22 bits per heavy atom. The molecule has 1 aliphatic carbocycles. The zero-order chi connectivity index (χ0) is 20.3. The van der Waals surface area contributed by atoms with Gasteiger partial charge in [0.25, 0.3) is 0 Å². The molecule has 0 heterocycles. The molecule has 156 valence electrons. The fourth-order valence-electron chi connectivity index (χ4n) is 3.94. The van der Waals surface area contributed by atoms with E-state index in [1.165, 1.54) is 0 Å². The van der Waals surface area contributed by atoms with Gasteiger partial charge in [-0.25, -0.2) is 0 Å². The first-order chi connectivity index (χ1) is 12.8. The zero-order valence-electron chi connectivity index (χ0n) is 16.9. The number of hydrogen-bond donors (Lipinski definition) is 4. The van der Waals surface area contributed by atoms with E-state index in [4.69, 9.17) is 5.11 Å². The van der Waals surface area contributed by atoms with Crippen molar-refractivity contribution in [3.63, 3.8) is 0 Å². The van der Waals surface area contributed by atoms with Crippen molar-refractivity contribution in [3.05, 3.63) is 24.3 Å². The van der Waals surface area contributed by atoms with E-state index in [0.29, 0.717) is 32.1 Å². The molecule has 0 spiro atoms. The van der Waals surface area contributed by atoms with Crippen LogP contribution in [0.5, 0.6) is 0 Å². The molecular weight excluding hydrogens is 344 g/mol. The van der Waals surface area contributed by atoms with Crippen LogP contribution in [0, 0.1) is 17.8 Å². The van der Waals surface area contributed by atoms with Crippen LogP contribution in [0.1, 0.15) is 71.6 Å². The van der Waals surface area contributed by atoms with Crippen molar-refractivity contribution in [3.8, 4) is 0 Å². The second-order valence-corrected chi connectivity index (χ2v) is 8.15. The minimum absolute atomic E-state index is 0.00750. The lowest BCUT2D eigenvalue weighted by Gasteiger charge is -2.24. The Morgan fingerprint density at radius 3 is 2.59 bits per heavy atom. The Hall–Kier alpha value is -1.17. The molecule has 1 saturated carbocycles. The van der Waals surface area contributed by atoms with E-state index < -0.39 is 17.7 Å². The van der Waals surface area contributed by atoms with Crippen molar-refractivity contribution in [2.24, 2.45) is 17.8 Å². The van der Waals surface area contributed by atoms with Gasteiger partial charge in [-0.1, -0.05) is 50.5 Å². The van der Waals surface area contributed by atoms with Crippen LogP contribution in [0.25, 0.3) is 0 Å². The third kappa shape index (κ3) is 9.04. The second-order valence-electron chi connectivity index (χ2n) is 8.15. The van der Waals surface area contributed by atoms with E-state index in [0.717, 1.165) is 19.3 Å². The molecule has 0 radical (unpaired) electrons. The van der Waals surface area contributed by atoms with Gasteiger partial charge >= 0.3 is 5.97 Å². The normalized spacial score (nSPS) is 28.2. The Bertz CT molecular complexity index is 483. The summed E-state index contributed by atoms with van der Waals surface area (Å²) >= 11 is 0. The first-order valence-corrected chi connectivity index (χ1v) is 10.4. The van der Waals surface area contributed by atoms with E-state index in [-0.39, 0.29) is 30.8 Å². The summed E-state index contributed by atoms with van der Waals surface area (Å²) in [5.74, 6) is -0.725. The SMILES string of the molecule is CCCCCC(C)(O)/C=C/[C@H]1[C@H](CO)C[C@@H](O)[C@@H]1C/C=C\CCCC(=O)O. The maximum atomic E-state index is 10.6. The quantitative estimate of drug-likeness (QED) is 0.288. The summed E-state index contributed by atoms with van der Waals surface area (Å²) in [4.78, 5) is 10.5. The summed E-state index contributed by atoms with van der Waals surface area (Å²) in [6.45, 7) is 3.98. The number of allylic oxidation sites excluding steroid dienone is 3. The maximum absolute atomic E-state index is 10.6. The van der Waals surface area contributed by atoms with Crippen LogP contribution >= 0.6 is 0 Å². The fraction of sp³-hybridized carbons (Fsp3) is 0.773. The summed E-state index contributed by atoms with van der Waals surface area (Å²) in [6.07, 6.45) is 14.0. The van der Waals surface area contributed by atoms with Gasteiger partial charge in [-0.2, -0.15) is 0 Å². The molecule has 0 aromatic carbocycles. The summed E-state index contributed by atoms with van der Waals surface area (Å²) in [6, 6.07) is 0. The highest BCUT2D eigenvalue weighted by Gasteiger charge is 2.40. The van der Waals surface area contributed by atoms with Crippen LogP contribution in [-0.2, 0) is 4.79 Å². The van der Waals surface area contributed by atoms with Crippen molar-refractivity contribution >= 4 is 5.97 Å². The molecule has 5 atom stereocenters. The van der Waals surface area contributed by atoms with Crippen LogP contribution < -0.4 is 0 Å². The van der Waals surface area contributed by atoms with Gasteiger partial charge in [0, 0.05) is 13.0 Å². The molecule has 4 N–H and O–H groups in total. The number of hydrogen-bond acceptors (Lipinski definition) is 4. The Balaban J connectivity index is 2.64. The Kier molecular flexibility index (Phi) is 10.9. The average Bonchev–Trinajstić information content (AvgIpc) is 2.91. The van der Waals surface area contributed by atoms with Crippen LogP contribution in [-0.4, -0.2) is 44.7 Å². The monoisotopic (exact) mass is 382 g/mol. The number of aliphatic hydroxyl groups is 3. The van der Waals surface area contributed by atoms with Gasteiger partial charge in [-0.15, -0.1) is 0 Å². The number of rotatable bonds is 13. The second kappa shape index (κ2) is 12.3. The topological polar surface area (TPSA) is 98.0 Å². The van der Waals surface area contributed by atoms with E-state index in [9.17, 15) is 20.1 Å². The first-order valence-electron chi connectivity index (χ1n) is 10.4. The van der Waals surface area contributed by atoms with E-state index >= 15 is 0 Å². The molecule has 0 bridgehead atoms. The number of aliphatic hydroxyl groups excluding tert-OH is 2. The molecule has 1 aliphatic rings. The van der Waals surface area contributed by atoms with Gasteiger partial charge in [0.15, 0.2) is 0 Å². The van der Waals surface area contributed by atoms with Crippen LogP contribution in [0.2, 0.25) is 0 Å². The minimum atomic E-state index is -0.861. The molecule has 1 unspecified atom stereocenters. The molecular formula is C22H38O5. The average molecular weight is 383 g/mol. The first kappa shape index (κ1) is 23.9. The third-order valence-corrected chi connectivity index (χ3v) is 5.61. The molecule has 0 aliphatic heterocycles. The summed E-state index contributed by atoms with van der Waals surface area (Å²) < 4.78 is 0. The molecule has 1 fully saturated rings. The van der Waals surface area contributed by atoms with E-state index in [1.807, 2.05) is 31.2 Å². The molecule has 5 heteroatoms. The van der Waals surface area contributed by atoms with Gasteiger partial charge in [0.05, 0.1) is 11.7 Å². The standard InChI is InChI=1S/C22H38O5/c1-3-4-9-13-22(2,27)14-12-18-17(16-23)15-20(24)19(18)10-7-5-6-8-11-21(25)26/h5,7,12,14,17-20,23-24,27H,3-4,6,8-11,13,15-16H2,1-2H3,(H,25,26)/b7-5-,14-12+/t17-,18-,19+,20+,22?/m0/s1. The maximum Gasteiger partial charge on any atom is 0.303 e. The van der Waals surface area contributed by atoms with Crippen LogP contribution in [0.4, 0.5) is 0 Å². The van der Waals surface area contributed by atoms with Crippen molar-refractivity contribution in [2.45, 2.75) is 83.3 Å². The Labute approximate surface area is 163 Å². The lowest BCUT2D eigenvalue weighted by Crippen LogP contribution is -2.23. The van der Waals surface area contributed by atoms with Crippen molar-refractivity contribution in [1.82, 2.24) is 0 Å². The van der Waals surface area contributed by atoms with Gasteiger partial charge in [0.2, 0.25) is 0 Å². The number of aliphatic carboxylic acids is 1. The summed E-state index contributed by atoms with van der Waals surface area (Å²) in [5, 5.41) is 39.3. The van der Waals surface area contributed by atoms with Crippen LogP contribution in [0.3, 0.4) is 0 Å². The van der Waals surface area contributed by atoms with Crippen molar-refractivity contribution in [2.75, 3.05) is 6.61 Å². The van der Waals surface area contributed by atoms with Gasteiger partial charge in [-0.3, -0.25) is 4.79 Å². The van der Waals surface area contributed by atoms with Gasteiger partial charge in [-0.05, 0) is 56.8 Å². The lowest BCUT2D eigenvalue weighted by molar-refractivity contribution is -0.137. The number of unbranched alkanes of at least 4 members (excludes halogenated alkanes) is 3. The highest BCUT2D eigenvalue weighted by Crippen LogP contribution is 2.40. The van der Waals surface area contributed by atoms with Crippen LogP contribution in [0.15, 0.2) is 24.3 Å². The number of carboxylic acids is 1. The van der Waals surface area contributed by atoms with E-state index in [1.54, 1.807) is 0 Å². The number of carbonyl (C=O) groups is 1. The smallest absolute Gasteiger partial charge is 0.303 e. The minimum Gasteiger partial charge on any atom is -0.481 e. The molecule has 5 nitrogen and oxygen atoms in total.